The SMILES string of the molecule is CC(O)CNC(=O)C1CCCCC1C(=O)N1CCCC1. The molecule has 0 spiro atoms. The molecule has 0 aromatic heterocycles. The van der Waals surface area contributed by atoms with Gasteiger partial charge in [0.1, 0.15) is 0 Å². The van der Waals surface area contributed by atoms with Gasteiger partial charge < -0.3 is 15.3 Å². The molecule has 0 aromatic carbocycles. The third-order valence-electron chi connectivity index (χ3n) is 4.41. The van der Waals surface area contributed by atoms with Crippen molar-refractivity contribution < 1.29 is 14.7 Å². The molecule has 1 aliphatic carbocycles. The fraction of sp³-hybridized carbons (Fsp3) is 0.867. The monoisotopic (exact) mass is 282 g/mol. The number of rotatable bonds is 4. The Morgan fingerprint density at radius 1 is 1.15 bits per heavy atom. The molecular weight excluding hydrogens is 256 g/mol. The van der Waals surface area contributed by atoms with E-state index in [2.05, 4.69) is 5.32 Å². The van der Waals surface area contributed by atoms with Gasteiger partial charge in [-0.1, -0.05) is 12.8 Å². The maximum absolute atomic E-state index is 12.5. The van der Waals surface area contributed by atoms with Crippen LogP contribution in [0.25, 0.3) is 0 Å². The van der Waals surface area contributed by atoms with E-state index in [1.54, 1.807) is 6.92 Å². The van der Waals surface area contributed by atoms with Crippen LogP contribution < -0.4 is 5.32 Å². The molecule has 20 heavy (non-hydrogen) atoms. The second-order valence-electron chi connectivity index (χ2n) is 6.12. The Morgan fingerprint density at radius 2 is 1.75 bits per heavy atom. The quantitative estimate of drug-likeness (QED) is 0.805. The van der Waals surface area contributed by atoms with Crippen molar-refractivity contribution >= 4 is 11.8 Å². The number of nitrogens with zero attached hydrogens (tertiary/aromatic N) is 1. The van der Waals surface area contributed by atoms with Crippen LogP contribution in [-0.4, -0.2) is 47.6 Å². The highest BCUT2D eigenvalue weighted by Gasteiger charge is 2.38. The molecule has 3 unspecified atom stereocenters. The molecule has 0 aromatic rings. The number of amides is 2. The molecule has 1 heterocycles. The normalized spacial score (nSPS) is 28.2. The summed E-state index contributed by atoms with van der Waals surface area (Å²) in [6.07, 6.45) is 5.27. The molecule has 0 bridgehead atoms. The summed E-state index contributed by atoms with van der Waals surface area (Å²) >= 11 is 0. The minimum atomic E-state index is -0.546. The highest BCUT2D eigenvalue weighted by molar-refractivity contribution is 5.88. The van der Waals surface area contributed by atoms with Gasteiger partial charge in [-0.25, -0.2) is 0 Å². The van der Waals surface area contributed by atoms with Gasteiger partial charge in [0.2, 0.25) is 11.8 Å². The topological polar surface area (TPSA) is 69.6 Å². The second-order valence-corrected chi connectivity index (χ2v) is 6.12. The van der Waals surface area contributed by atoms with E-state index >= 15 is 0 Å². The maximum Gasteiger partial charge on any atom is 0.226 e. The van der Waals surface area contributed by atoms with E-state index in [1.807, 2.05) is 4.90 Å². The Kier molecular flexibility index (Phi) is 5.40. The average Bonchev–Trinajstić information content (AvgIpc) is 2.98. The summed E-state index contributed by atoms with van der Waals surface area (Å²) in [7, 11) is 0. The van der Waals surface area contributed by atoms with Gasteiger partial charge >= 0.3 is 0 Å². The van der Waals surface area contributed by atoms with Crippen LogP contribution in [0.4, 0.5) is 0 Å². The van der Waals surface area contributed by atoms with Crippen molar-refractivity contribution in [2.45, 2.75) is 51.6 Å². The number of carbonyl (C=O) groups excluding carboxylic acids is 2. The molecule has 2 rings (SSSR count). The summed E-state index contributed by atoms with van der Waals surface area (Å²) in [6, 6.07) is 0. The van der Waals surface area contributed by atoms with Gasteiger partial charge in [-0.05, 0) is 32.6 Å². The summed E-state index contributed by atoms with van der Waals surface area (Å²) in [4.78, 5) is 26.7. The number of hydrogen-bond acceptors (Lipinski definition) is 3. The van der Waals surface area contributed by atoms with Crippen LogP contribution in [0, 0.1) is 11.8 Å². The molecule has 5 heteroatoms. The Labute approximate surface area is 120 Å². The Bertz CT molecular complexity index is 351. The first-order chi connectivity index (χ1) is 9.59. The van der Waals surface area contributed by atoms with E-state index in [4.69, 9.17) is 0 Å². The van der Waals surface area contributed by atoms with Crippen LogP contribution in [0.1, 0.15) is 45.4 Å². The zero-order valence-corrected chi connectivity index (χ0v) is 12.3. The maximum atomic E-state index is 12.5. The molecule has 2 aliphatic rings. The summed E-state index contributed by atoms with van der Waals surface area (Å²) in [5, 5.41) is 12.0. The van der Waals surface area contributed by atoms with E-state index < -0.39 is 6.10 Å². The lowest BCUT2D eigenvalue weighted by Crippen LogP contribution is -2.45. The van der Waals surface area contributed by atoms with E-state index in [1.165, 1.54) is 0 Å². The predicted octanol–water partition coefficient (Wildman–Crippen LogP) is 0.912. The van der Waals surface area contributed by atoms with Crippen molar-refractivity contribution in [1.29, 1.82) is 0 Å². The van der Waals surface area contributed by atoms with Gasteiger partial charge in [-0.15, -0.1) is 0 Å². The molecule has 1 aliphatic heterocycles. The highest BCUT2D eigenvalue weighted by atomic mass is 16.3. The van der Waals surface area contributed by atoms with Crippen LogP contribution in [-0.2, 0) is 9.59 Å². The van der Waals surface area contributed by atoms with Crippen LogP contribution in [0.5, 0.6) is 0 Å². The lowest BCUT2D eigenvalue weighted by Gasteiger charge is -2.32. The molecule has 1 saturated carbocycles. The molecule has 2 amide bonds. The third-order valence-corrected chi connectivity index (χ3v) is 4.41. The molecule has 2 N–H and O–H groups in total. The first-order valence-corrected chi connectivity index (χ1v) is 7.84. The van der Waals surface area contributed by atoms with Gasteiger partial charge in [-0.3, -0.25) is 9.59 Å². The van der Waals surface area contributed by atoms with Gasteiger partial charge in [0.05, 0.1) is 6.10 Å². The van der Waals surface area contributed by atoms with E-state index in [0.29, 0.717) is 0 Å². The molecule has 114 valence electrons. The van der Waals surface area contributed by atoms with Gasteiger partial charge in [0.25, 0.3) is 0 Å². The van der Waals surface area contributed by atoms with Crippen molar-refractivity contribution in [3.8, 4) is 0 Å². The number of nitrogens with one attached hydrogen (secondary N) is 1. The number of aliphatic hydroxyl groups is 1. The summed E-state index contributed by atoms with van der Waals surface area (Å²) in [5.41, 5.74) is 0. The van der Waals surface area contributed by atoms with E-state index in [-0.39, 0.29) is 30.2 Å². The predicted molar refractivity (Wildman–Crippen MR) is 76.0 cm³/mol. The van der Waals surface area contributed by atoms with Crippen molar-refractivity contribution in [2.24, 2.45) is 11.8 Å². The van der Waals surface area contributed by atoms with E-state index in [0.717, 1.165) is 51.6 Å². The van der Waals surface area contributed by atoms with Crippen molar-refractivity contribution in [2.75, 3.05) is 19.6 Å². The Balaban J connectivity index is 1.97. The largest absolute Gasteiger partial charge is 0.392 e. The summed E-state index contributed by atoms with van der Waals surface area (Å²) in [6.45, 7) is 3.60. The number of aliphatic hydroxyl groups excluding tert-OH is 1. The Hall–Kier alpha value is -1.10. The summed E-state index contributed by atoms with van der Waals surface area (Å²) in [5.74, 6) is -0.269. The summed E-state index contributed by atoms with van der Waals surface area (Å²) < 4.78 is 0. The minimum absolute atomic E-state index is 0.0665. The average molecular weight is 282 g/mol. The standard InChI is InChI=1S/C15H26N2O3/c1-11(18)10-16-14(19)12-6-2-3-7-13(12)15(20)17-8-4-5-9-17/h11-13,18H,2-10H2,1H3,(H,16,19). The van der Waals surface area contributed by atoms with Crippen molar-refractivity contribution in [3.05, 3.63) is 0 Å². The molecule has 1 saturated heterocycles. The first-order valence-electron chi connectivity index (χ1n) is 7.84. The smallest absolute Gasteiger partial charge is 0.226 e. The van der Waals surface area contributed by atoms with Gasteiger partial charge in [0, 0.05) is 31.5 Å². The van der Waals surface area contributed by atoms with Gasteiger partial charge in [-0.2, -0.15) is 0 Å². The second kappa shape index (κ2) is 7.07. The minimum Gasteiger partial charge on any atom is -0.392 e. The molecule has 3 atom stereocenters. The zero-order chi connectivity index (χ0) is 14.5. The fourth-order valence-corrected chi connectivity index (χ4v) is 3.29. The lowest BCUT2D eigenvalue weighted by molar-refractivity contribution is -0.143. The molecule has 5 nitrogen and oxygen atoms in total. The fourth-order valence-electron chi connectivity index (χ4n) is 3.29. The number of carbonyl (C=O) groups is 2. The lowest BCUT2D eigenvalue weighted by atomic mass is 9.78. The van der Waals surface area contributed by atoms with Crippen molar-refractivity contribution in [1.82, 2.24) is 10.2 Å². The van der Waals surface area contributed by atoms with Crippen molar-refractivity contribution in [3.63, 3.8) is 0 Å². The van der Waals surface area contributed by atoms with Crippen LogP contribution in [0.3, 0.4) is 0 Å². The number of likely N-dealkylation sites (tertiary alicyclic amines) is 1. The number of hydrogen-bond donors (Lipinski definition) is 2. The van der Waals surface area contributed by atoms with Crippen LogP contribution in [0.2, 0.25) is 0 Å². The third kappa shape index (κ3) is 3.72. The van der Waals surface area contributed by atoms with Crippen LogP contribution in [0.15, 0.2) is 0 Å². The van der Waals surface area contributed by atoms with Gasteiger partial charge in [0.15, 0.2) is 0 Å². The molecular formula is C15H26N2O3. The van der Waals surface area contributed by atoms with E-state index in [9.17, 15) is 14.7 Å². The first kappa shape index (κ1) is 15.3. The zero-order valence-electron chi connectivity index (χ0n) is 12.3. The molecule has 2 fully saturated rings. The Morgan fingerprint density at radius 3 is 2.35 bits per heavy atom. The molecule has 0 radical (unpaired) electrons. The highest BCUT2D eigenvalue weighted by Crippen LogP contribution is 2.32. The van der Waals surface area contributed by atoms with Crippen LogP contribution >= 0.6 is 0 Å².